The van der Waals surface area contributed by atoms with E-state index in [0.29, 0.717) is 44.2 Å². The van der Waals surface area contributed by atoms with Gasteiger partial charge in [0, 0.05) is 31.8 Å². The first-order valence-electron chi connectivity index (χ1n) is 11.8. The van der Waals surface area contributed by atoms with Crippen molar-refractivity contribution in [3.05, 3.63) is 70.8 Å². The van der Waals surface area contributed by atoms with Crippen molar-refractivity contribution in [2.75, 3.05) is 20.3 Å². The van der Waals surface area contributed by atoms with E-state index in [2.05, 4.69) is 10.2 Å². The first kappa shape index (κ1) is 26.5. The molecule has 1 N–H and O–H groups in total. The molecule has 2 fully saturated rings. The molecule has 2 aromatic rings. The van der Waals surface area contributed by atoms with Crippen LogP contribution < -0.4 is 5.32 Å². The minimum Gasteiger partial charge on any atom is -0.381 e. The van der Waals surface area contributed by atoms with Crippen molar-refractivity contribution in [1.82, 2.24) is 10.2 Å². The number of hydrogen-bond donors (Lipinski definition) is 1. The highest BCUT2D eigenvalue weighted by molar-refractivity contribution is 5.89. The van der Waals surface area contributed by atoms with Gasteiger partial charge >= 0.3 is 12.4 Å². The van der Waals surface area contributed by atoms with Crippen LogP contribution in [0.4, 0.5) is 26.3 Å². The lowest BCUT2D eigenvalue weighted by Crippen LogP contribution is -2.61. The molecule has 10 heteroatoms. The van der Waals surface area contributed by atoms with Gasteiger partial charge in [-0.15, -0.1) is 0 Å². The summed E-state index contributed by atoms with van der Waals surface area (Å²) in [4.78, 5) is 15.7. The molecular weight excluding hydrogens is 486 g/mol. The fraction of sp³-hybridized carbons (Fsp3) is 0.500. The second-order valence-electron chi connectivity index (χ2n) is 9.62. The van der Waals surface area contributed by atoms with E-state index in [1.54, 1.807) is 0 Å². The highest BCUT2D eigenvalue weighted by Gasteiger charge is 2.53. The number of alkyl halides is 6. The number of carbonyl (C=O) groups is 1. The summed E-state index contributed by atoms with van der Waals surface area (Å²) >= 11 is 0. The maximum atomic E-state index is 13.4. The summed E-state index contributed by atoms with van der Waals surface area (Å²) in [6.07, 6.45) is -7.08. The van der Waals surface area contributed by atoms with Crippen LogP contribution in [0, 0.1) is 0 Å². The molecule has 0 atom stereocenters. The molecule has 0 spiro atoms. The van der Waals surface area contributed by atoms with Gasteiger partial charge < -0.3 is 15.0 Å². The second kappa shape index (κ2) is 10.0. The van der Waals surface area contributed by atoms with Gasteiger partial charge in [0.05, 0.1) is 16.5 Å². The van der Waals surface area contributed by atoms with Crippen molar-refractivity contribution in [3.63, 3.8) is 0 Å². The highest BCUT2D eigenvalue weighted by Crippen LogP contribution is 2.47. The topological polar surface area (TPSA) is 41.6 Å². The maximum absolute atomic E-state index is 13.4. The Morgan fingerprint density at radius 3 is 2.03 bits per heavy atom. The predicted octanol–water partition coefficient (Wildman–Crippen LogP) is 5.55. The van der Waals surface area contributed by atoms with Gasteiger partial charge in [-0.3, -0.25) is 4.79 Å². The molecular formula is C26H28F6N2O2. The van der Waals surface area contributed by atoms with Gasteiger partial charge in [0.2, 0.25) is 5.91 Å². The Bertz CT molecular complexity index is 1030. The number of carbonyl (C=O) groups excluding carboxylic acids is 1. The number of benzene rings is 2. The fourth-order valence-electron chi connectivity index (χ4n) is 5.21. The van der Waals surface area contributed by atoms with Gasteiger partial charge in [0.1, 0.15) is 0 Å². The number of hydrogen-bond acceptors (Lipinski definition) is 3. The Morgan fingerprint density at radius 2 is 1.50 bits per heavy atom. The van der Waals surface area contributed by atoms with Crippen molar-refractivity contribution in [2.24, 2.45) is 0 Å². The van der Waals surface area contributed by atoms with Gasteiger partial charge in [-0.2, -0.15) is 26.3 Å². The molecule has 0 bridgehead atoms. The molecule has 2 aliphatic rings. The Balaban J connectivity index is 1.53. The number of halogens is 6. The molecule has 2 aromatic carbocycles. The number of nitrogens with one attached hydrogen (secondary N) is 1. The third kappa shape index (κ3) is 5.54. The predicted molar refractivity (Wildman–Crippen MR) is 121 cm³/mol. The lowest BCUT2D eigenvalue weighted by atomic mass is 9.60. The van der Waals surface area contributed by atoms with Crippen LogP contribution in [-0.2, 0) is 33.8 Å². The summed E-state index contributed by atoms with van der Waals surface area (Å²) in [5.41, 5.74) is -3.19. The van der Waals surface area contributed by atoms with Crippen molar-refractivity contribution in [1.29, 1.82) is 0 Å². The van der Waals surface area contributed by atoms with Crippen molar-refractivity contribution >= 4 is 5.91 Å². The first-order valence-corrected chi connectivity index (χ1v) is 11.8. The third-order valence-corrected chi connectivity index (χ3v) is 7.37. The molecule has 1 heterocycles. The number of rotatable bonds is 6. The molecule has 1 saturated carbocycles. The zero-order valence-electron chi connectivity index (χ0n) is 19.8. The van der Waals surface area contributed by atoms with Gasteiger partial charge in [0.15, 0.2) is 0 Å². The molecule has 0 radical (unpaired) electrons. The van der Waals surface area contributed by atoms with Gasteiger partial charge in [-0.1, -0.05) is 30.3 Å². The maximum Gasteiger partial charge on any atom is 0.416 e. The molecule has 0 unspecified atom stereocenters. The quantitative estimate of drug-likeness (QED) is 0.514. The van der Waals surface area contributed by atoms with E-state index in [1.807, 2.05) is 37.4 Å². The second-order valence-corrected chi connectivity index (χ2v) is 9.62. The smallest absolute Gasteiger partial charge is 0.381 e. The minimum absolute atomic E-state index is 0.0828. The van der Waals surface area contributed by atoms with Crippen LogP contribution >= 0.6 is 0 Å². The van der Waals surface area contributed by atoms with Crippen LogP contribution in [0.3, 0.4) is 0 Å². The van der Waals surface area contributed by atoms with Crippen LogP contribution in [0.15, 0.2) is 48.5 Å². The molecule has 1 aliphatic heterocycles. The Labute approximate surface area is 205 Å². The first-order chi connectivity index (χ1) is 16.9. The fourth-order valence-corrected chi connectivity index (χ4v) is 5.21. The van der Waals surface area contributed by atoms with Crippen molar-refractivity contribution in [2.45, 2.75) is 62.1 Å². The van der Waals surface area contributed by atoms with E-state index in [1.165, 1.54) is 0 Å². The lowest BCUT2D eigenvalue weighted by molar-refractivity contribution is -0.143. The summed E-state index contributed by atoms with van der Waals surface area (Å²) in [7, 11) is 2.02. The van der Waals surface area contributed by atoms with E-state index >= 15 is 0 Å². The van der Waals surface area contributed by atoms with E-state index in [9.17, 15) is 31.1 Å². The van der Waals surface area contributed by atoms with E-state index < -0.39 is 41.3 Å². The monoisotopic (exact) mass is 514 g/mol. The summed E-state index contributed by atoms with van der Waals surface area (Å²) < 4.78 is 84.7. The van der Waals surface area contributed by atoms with E-state index in [0.717, 1.165) is 18.4 Å². The summed E-state index contributed by atoms with van der Waals surface area (Å²) in [5.74, 6) is -0.406. The number of nitrogens with zero attached hydrogens (tertiary/aromatic N) is 1. The van der Waals surface area contributed by atoms with Crippen LogP contribution in [0.2, 0.25) is 0 Å². The third-order valence-electron chi connectivity index (χ3n) is 7.37. The van der Waals surface area contributed by atoms with Crippen LogP contribution in [0.5, 0.6) is 0 Å². The van der Waals surface area contributed by atoms with E-state index in [-0.39, 0.29) is 17.7 Å². The number of amides is 1. The minimum atomic E-state index is -4.94. The van der Waals surface area contributed by atoms with Crippen molar-refractivity contribution < 1.29 is 35.9 Å². The zero-order chi connectivity index (χ0) is 26.1. The Morgan fingerprint density at radius 1 is 0.944 bits per heavy atom. The van der Waals surface area contributed by atoms with Crippen LogP contribution in [0.1, 0.15) is 47.9 Å². The molecule has 196 valence electrons. The molecule has 1 aliphatic carbocycles. The van der Waals surface area contributed by atoms with E-state index in [4.69, 9.17) is 4.74 Å². The molecule has 0 aromatic heterocycles. The standard InChI is InChI=1S/C26H28F6N2O2/c1-34(21-7-9-36-10-8-21)22-14-24(15-22,18-5-3-2-4-6-18)23(35)33-16-17-11-19(25(27,28)29)13-20(12-17)26(30,31)32/h2-6,11-13,21-22H,7-10,14-16H2,1H3,(H,33,35). The molecule has 1 saturated heterocycles. The zero-order valence-corrected chi connectivity index (χ0v) is 19.8. The average molecular weight is 515 g/mol. The lowest BCUT2D eigenvalue weighted by Gasteiger charge is -2.52. The largest absolute Gasteiger partial charge is 0.416 e. The SMILES string of the molecule is CN(C1CCOCC1)C1CC(C(=O)NCc2cc(C(F)(F)F)cc(C(F)(F)F)c2)(c2ccccc2)C1. The van der Waals surface area contributed by atoms with Crippen LogP contribution in [-0.4, -0.2) is 43.2 Å². The molecule has 1 amide bonds. The molecule has 36 heavy (non-hydrogen) atoms. The van der Waals surface area contributed by atoms with Gasteiger partial charge in [-0.05, 0) is 62.1 Å². The highest BCUT2D eigenvalue weighted by atomic mass is 19.4. The Kier molecular flexibility index (Phi) is 7.39. The Hall–Kier alpha value is -2.59. The van der Waals surface area contributed by atoms with Gasteiger partial charge in [0.25, 0.3) is 0 Å². The summed E-state index contributed by atoms with van der Waals surface area (Å²) in [6.45, 7) is 0.923. The average Bonchev–Trinajstić information content (AvgIpc) is 2.82. The van der Waals surface area contributed by atoms with Gasteiger partial charge in [-0.25, -0.2) is 0 Å². The normalized spacial score (nSPS) is 23.4. The van der Waals surface area contributed by atoms with Crippen LogP contribution in [0.25, 0.3) is 0 Å². The number of ether oxygens (including phenoxy) is 1. The molecule has 4 nitrogen and oxygen atoms in total. The molecule has 4 rings (SSSR count). The van der Waals surface area contributed by atoms with Crippen molar-refractivity contribution in [3.8, 4) is 0 Å². The summed E-state index contributed by atoms with van der Waals surface area (Å²) in [5, 5.41) is 2.62. The summed E-state index contributed by atoms with van der Waals surface area (Å²) in [6, 6.07) is 10.9.